The van der Waals surface area contributed by atoms with Gasteiger partial charge in [-0.1, -0.05) is 22.0 Å². The van der Waals surface area contributed by atoms with Gasteiger partial charge in [0.25, 0.3) is 10.1 Å². The molecule has 11 heteroatoms. The fraction of sp³-hybridized carbons (Fsp3) is 0.174. The number of nitrogens with zero attached hydrogens (tertiary/aromatic N) is 1. The summed E-state index contributed by atoms with van der Waals surface area (Å²) in [5.41, 5.74) is 1.36. The van der Waals surface area contributed by atoms with Crippen molar-refractivity contribution >= 4 is 47.1 Å². The Kier molecular flexibility index (Phi) is 6.42. The van der Waals surface area contributed by atoms with Crippen molar-refractivity contribution < 1.29 is 30.4 Å². The van der Waals surface area contributed by atoms with Crippen LogP contribution in [-0.4, -0.2) is 39.0 Å². The molecule has 8 nitrogen and oxygen atoms in total. The third-order valence-corrected chi connectivity index (χ3v) is 7.80. The fourth-order valence-electron chi connectivity index (χ4n) is 4.00. The highest BCUT2D eigenvalue weighted by molar-refractivity contribution is 9.10. The van der Waals surface area contributed by atoms with Crippen LogP contribution in [0.3, 0.4) is 0 Å². The minimum absolute atomic E-state index is 0.00175. The second kappa shape index (κ2) is 8.90. The van der Waals surface area contributed by atoms with E-state index in [2.05, 4.69) is 20.5 Å². The van der Waals surface area contributed by atoms with E-state index in [-0.39, 0.29) is 5.56 Å². The summed E-state index contributed by atoms with van der Waals surface area (Å²) < 4.78 is 78.2. The van der Waals surface area contributed by atoms with Gasteiger partial charge in [-0.2, -0.15) is 8.42 Å². The van der Waals surface area contributed by atoms with Gasteiger partial charge in [0.05, 0.1) is 15.9 Å². The van der Waals surface area contributed by atoms with Gasteiger partial charge in [0.1, 0.15) is 34.6 Å². The topological polar surface area (TPSA) is 128 Å². The van der Waals surface area contributed by atoms with Gasteiger partial charge in [0.2, 0.25) is 5.36 Å². The molecule has 4 rings (SSSR count). The minimum Gasteiger partial charge on any atom is -0.744 e. The first-order valence-corrected chi connectivity index (χ1v) is 13.9. The summed E-state index contributed by atoms with van der Waals surface area (Å²) in [5.74, 6) is 0.460. The fourth-order valence-corrected chi connectivity index (χ4v) is 5.66. The SMILES string of the molecule is CC[N+](CC)=c1ccc2c(-c3ccc(S(=O)(=O)O)cc3S(=O)(=O)[O-])c3cc(Br)ccc3oc-2c1. The summed E-state index contributed by atoms with van der Waals surface area (Å²) in [4.78, 5) is -1.45. The predicted molar refractivity (Wildman–Crippen MR) is 130 cm³/mol. The lowest BCUT2D eigenvalue weighted by atomic mass is 9.93. The zero-order chi connectivity index (χ0) is 24.8. The van der Waals surface area contributed by atoms with Crippen molar-refractivity contribution in [3.05, 3.63) is 64.4 Å². The van der Waals surface area contributed by atoms with E-state index in [1.165, 1.54) is 6.07 Å². The maximum absolute atomic E-state index is 12.2. The third kappa shape index (κ3) is 4.53. The Morgan fingerprint density at radius 1 is 0.941 bits per heavy atom. The highest BCUT2D eigenvalue weighted by Gasteiger charge is 2.24. The maximum atomic E-state index is 12.2. The Balaban J connectivity index is 2.21. The number of rotatable bonds is 5. The molecular weight excluding hydrogens is 546 g/mol. The molecule has 1 heterocycles. The van der Waals surface area contributed by atoms with Crippen LogP contribution in [0.4, 0.5) is 0 Å². The van der Waals surface area contributed by atoms with E-state index in [9.17, 15) is 25.9 Å². The van der Waals surface area contributed by atoms with E-state index in [1.54, 1.807) is 24.3 Å². The number of fused-ring (bicyclic) bond motifs is 2. The van der Waals surface area contributed by atoms with Gasteiger partial charge in [-0.05, 0) is 50.2 Å². The molecule has 0 saturated carbocycles. The molecule has 0 radical (unpaired) electrons. The van der Waals surface area contributed by atoms with Gasteiger partial charge in [-0.25, -0.2) is 13.0 Å². The molecule has 1 N–H and O–H groups in total. The zero-order valence-corrected chi connectivity index (χ0v) is 21.4. The molecule has 0 bridgehead atoms. The van der Waals surface area contributed by atoms with E-state index in [4.69, 9.17) is 4.42 Å². The normalized spacial score (nSPS) is 12.4. The molecule has 0 atom stereocenters. The summed E-state index contributed by atoms with van der Waals surface area (Å²) in [6, 6.07) is 13.6. The lowest BCUT2D eigenvalue weighted by Gasteiger charge is -2.19. The van der Waals surface area contributed by atoms with Gasteiger partial charge < -0.3 is 8.97 Å². The Hall–Kier alpha value is -2.57. The van der Waals surface area contributed by atoms with E-state index in [1.807, 2.05) is 26.0 Å². The molecule has 34 heavy (non-hydrogen) atoms. The van der Waals surface area contributed by atoms with Crippen LogP contribution in [0.25, 0.3) is 33.4 Å². The molecule has 0 unspecified atom stereocenters. The van der Waals surface area contributed by atoms with Crippen molar-refractivity contribution in [2.75, 3.05) is 13.1 Å². The first kappa shape index (κ1) is 24.6. The third-order valence-electron chi connectivity index (χ3n) is 5.58. The molecule has 0 amide bonds. The highest BCUT2D eigenvalue weighted by Crippen LogP contribution is 2.43. The Bertz CT molecular complexity index is 1680. The molecular formula is C23H20BrNO7S2. The average Bonchev–Trinajstić information content (AvgIpc) is 2.77. The minimum atomic E-state index is -5.12. The first-order valence-electron chi connectivity index (χ1n) is 10.3. The van der Waals surface area contributed by atoms with Crippen LogP contribution in [0.15, 0.2) is 73.3 Å². The van der Waals surface area contributed by atoms with Crippen LogP contribution in [0.2, 0.25) is 0 Å². The van der Waals surface area contributed by atoms with Crippen LogP contribution >= 0.6 is 15.9 Å². The standard InChI is InChI=1S/C23H20BrNO7S2/c1-3-25(4-2)15-6-8-17-21(12-15)32-20-10-5-14(24)11-19(20)23(17)18-9-7-16(33(26,27)28)13-22(18)34(29,30)31/h5-13H,3-4H2,1-2H3,(H-,26,27,28,29,30,31). The van der Waals surface area contributed by atoms with Gasteiger partial charge in [0, 0.05) is 32.6 Å². The molecule has 1 aliphatic carbocycles. The molecule has 178 valence electrons. The summed E-state index contributed by atoms with van der Waals surface area (Å²) in [6.45, 7) is 5.59. The van der Waals surface area contributed by atoms with Crippen molar-refractivity contribution in [3.63, 3.8) is 0 Å². The Morgan fingerprint density at radius 3 is 2.24 bits per heavy atom. The van der Waals surface area contributed by atoms with Gasteiger partial charge in [-0.15, -0.1) is 0 Å². The largest absolute Gasteiger partial charge is 0.744 e. The maximum Gasteiger partial charge on any atom is 0.294 e. The monoisotopic (exact) mass is 565 g/mol. The van der Waals surface area contributed by atoms with Gasteiger partial charge in [0.15, 0.2) is 0 Å². The summed E-state index contributed by atoms with van der Waals surface area (Å²) in [5, 5.41) is 1.42. The molecule has 2 aromatic rings. The van der Waals surface area contributed by atoms with E-state index < -0.39 is 30.0 Å². The molecule has 0 fully saturated rings. The van der Waals surface area contributed by atoms with E-state index >= 15 is 0 Å². The molecule has 2 aliphatic rings. The first-order chi connectivity index (χ1) is 15.9. The van der Waals surface area contributed by atoms with Crippen molar-refractivity contribution in [2.24, 2.45) is 0 Å². The second-order valence-electron chi connectivity index (χ2n) is 7.56. The molecule has 0 saturated heterocycles. The van der Waals surface area contributed by atoms with Crippen LogP contribution in [-0.2, 0) is 20.2 Å². The van der Waals surface area contributed by atoms with Crippen LogP contribution < -0.4 is 9.93 Å². The summed E-state index contributed by atoms with van der Waals surface area (Å²) in [7, 11) is -9.85. The van der Waals surface area contributed by atoms with Crippen molar-refractivity contribution in [3.8, 4) is 22.5 Å². The predicted octanol–water partition coefficient (Wildman–Crippen LogP) is 3.93. The van der Waals surface area contributed by atoms with Crippen molar-refractivity contribution in [1.29, 1.82) is 0 Å². The highest BCUT2D eigenvalue weighted by atomic mass is 79.9. The van der Waals surface area contributed by atoms with Gasteiger partial charge >= 0.3 is 0 Å². The molecule has 1 aliphatic heterocycles. The smallest absolute Gasteiger partial charge is 0.294 e. The Morgan fingerprint density at radius 2 is 1.62 bits per heavy atom. The van der Waals surface area contributed by atoms with Crippen molar-refractivity contribution in [2.45, 2.75) is 23.6 Å². The quantitative estimate of drug-likeness (QED) is 0.220. The lowest BCUT2D eigenvalue weighted by Crippen LogP contribution is -2.29. The summed E-state index contributed by atoms with van der Waals surface area (Å²) >= 11 is 3.41. The van der Waals surface area contributed by atoms with E-state index in [0.717, 1.165) is 24.5 Å². The van der Waals surface area contributed by atoms with Crippen LogP contribution in [0.1, 0.15) is 13.8 Å². The zero-order valence-electron chi connectivity index (χ0n) is 18.1. The lowest BCUT2D eigenvalue weighted by molar-refractivity contribution is 0.463. The van der Waals surface area contributed by atoms with Crippen LogP contribution in [0.5, 0.6) is 0 Å². The number of hydrogen-bond donors (Lipinski definition) is 1. The van der Waals surface area contributed by atoms with Crippen molar-refractivity contribution in [1.82, 2.24) is 4.58 Å². The number of hydrogen-bond acceptors (Lipinski definition) is 6. The number of benzene rings is 3. The second-order valence-corrected chi connectivity index (χ2v) is 11.2. The van der Waals surface area contributed by atoms with E-state index in [0.29, 0.717) is 38.4 Å². The molecule has 0 spiro atoms. The number of halogens is 1. The average molecular weight is 566 g/mol. The Labute approximate surface area is 205 Å². The molecule has 2 aromatic carbocycles. The van der Waals surface area contributed by atoms with Gasteiger partial charge in [-0.3, -0.25) is 4.55 Å². The van der Waals surface area contributed by atoms with Crippen LogP contribution in [0, 0.1) is 0 Å². The molecule has 0 aromatic heterocycles. The summed E-state index contributed by atoms with van der Waals surface area (Å²) in [6.07, 6.45) is 0.